The van der Waals surface area contributed by atoms with E-state index in [9.17, 15) is 4.79 Å². The molecule has 2 aromatic rings. The number of carbonyl (C=O) groups is 1. The van der Waals surface area contributed by atoms with E-state index in [-0.39, 0.29) is 5.91 Å². The number of hydrogen-bond donors (Lipinski definition) is 1. The molecule has 128 valence electrons. The number of rotatable bonds is 8. The molecule has 0 spiro atoms. The van der Waals surface area contributed by atoms with Crippen molar-refractivity contribution in [2.24, 2.45) is 0 Å². The van der Waals surface area contributed by atoms with Gasteiger partial charge in [-0.25, -0.2) is 0 Å². The van der Waals surface area contributed by atoms with Gasteiger partial charge in [0.25, 0.3) is 5.91 Å². The largest absolute Gasteiger partial charge is 0.481 e. The average molecular weight is 347 g/mol. The minimum Gasteiger partial charge on any atom is -0.481 e. The standard InChI is InChI=1S/C19H23ClN2O2/c1-3-18(24-17-11-9-15(20)10-12-17)19(23)21-13-14-22(2)16-7-5-4-6-8-16/h4-12,18H,3,13-14H2,1-2H3,(H,21,23)/t18-/m0/s1. The third-order valence-corrected chi connectivity index (χ3v) is 3.95. The van der Waals surface area contributed by atoms with Gasteiger partial charge in [-0.05, 0) is 42.8 Å². The maximum atomic E-state index is 12.3. The Hall–Kier alpha value is -2.20. The molecular formula is C19H23ClN2O2. The molecule has 0 aliphatic carbocycles. The highest BCUT2D eigenvalue weighted by Crippen LogP contribution is 2.17. The second-order valence-electron chi connectivity index (χ2n) is 5.52. The number of nitrogens with one attached hydrogen (secondary N) is 1. The van der Waals surface area contributed by atoms with E-state index in [1.165, 1.54) is 0 Å². The number of para-hydroxylation sites is 1. The first-order valence-corrected chi connectivity index (χ1v) is 8.44. The van der Waals surface area contributed by atoms with Gasteiger partial charge in [-0.3, -0.25) is 4.79 Å². The van der Waals surface area contributed by atoms with Crippen molar-refractivity contribution in [2.45, 2.75) is 19.4 Å². The van der Waals surface area contributed by atoms with Crippen LogP contribution in [0.4, 0.5) is 5.69 Å². The minimum atomic E-state index is -0.506. The summed E-state index contributed by atoms with van der Waals surface area (Å²) >= 11 is 5.85. The van der Waals surface area contributed by atoms with Gasteiger partial charge in [0.2, 0.25) is 0 Å². The molecule has 0 aliphatic rings. The Balaban J connectivity index is 1.80. The van der Waals surface area contributed by atoms with E-state index in [0.29, 0.717) is 23.7 Å². The molecule has 1 amide bonds. The molecule has 0 saturated carbocycles. The quantitative estimate of drug-likeness (QED) is 0.791. The predicted molar refractivity (Wildman–Crippen MR) is 98.9 cm³/mol. The lowest BCUT2D eigenvalue weighted by molar-refractivity contribution is -0.128. The monoisotopic (exact) mass is 346 g/mol. The molecule has 5 heteroatoms. The van der Waals surface area contributed by atoms with E-state index in [0.717, 1.165) is 12.2 Å². The average Bonchev–Trinajstić information content (AvgIpc) is 2.61. The van der Waals surface area contributed by atoms with Crippen LogP contribution in [0.1, 0.15) is 13.3 Å². The van der Waals surface area contributed by atoms with Gasteiger partial charge >= 0.3 is 0 Å². The van der Waals surface area contributed by atoms with Gasteiger partial charge in [-0.15, -0.1) is 0 Å². The van der Waals surface area contributed by atoms with Crippen LogP contribution < -0.4 is 15.0 Å². The number of ether oxygens (including phenoxy) is 1. The van der Waals surface area contributed by atoms with Gasteiger partial charge in [-0.1, -0.05) is 36.7 Å². The van der Waals surface area contributed by atoms with Crippen molar-refractivity contribution in [3.8, 4) is 5.75 Å². The molecule has 2 rings (SSSR count). The van der Waals surface area contributed by atoms with Crippen LogP contribution in [-0.2, 0) is 4.79 Å². The van der Waals surface area contributed by atoms with Crippen LogP contribution in [0.5, 0.6) is 5.75 Å². The molecule has 0 bridgehead atoms. The molecule has 2 aromatic carbocycles. The molecule has 0 heterocycles. The summed E-state index contributed by atoms with van der Waals surface area (Å²) in [7, 11) is 2.00. The summed E-state index contributed by atoms with van der Waals surface area (Å²) in [5, 5.41) is 3.58. The highest BCUT2D eigenvalue weighted by molar-refractivity contribution is 6.30. The highest BCUT2D eigenvalue weighted by Gasteiger charge is 2.18. The first-order chi connectivity index (χ1) is 11.6. The molecule has 0 unspecified atom stereocenters. The number of benzene rings is 2. The fourth-order valence-corrected chi connectivity index (χ4v) is 2.40. The number of likely N-dealkylation sites (N-methyl/N-ethyl adjacent to an activating group) is 1. The fourth-order valence-electron chi connectivity index (χ4n) is 2.27. The van der Waals surface area contributed by atoms with Crippen molar-refractivity contribution in [1.29, 1.82) is 0 Å². The molecule has 1 N–H and O–H groups in total. The maximum absolute atomic E-state index is 12.3. The Kier molecular flexibility index (Phi) is 6.94. The normalized spacial score (nSPS) is 11.6. The molecule has 0 aromatic heterocycles. The Labute approximate surface area is 148 Å². The molecule has 0 fully saturated rings. The zero-order valence-electron chi connectivity index (χ0n) is 14.0. The van der Waals surface area contributed by atoms with Crippen molar-refractivity contribution in [1.82, 2.24) is 5.32 Å². The third-order valence-electron chi connectivity index (χ3n) is 3.70. The van der Waals surface area contributed by atoms with E-state index < -0.39 is 6.10 Å². The first-order valence-electron chi connectivity index (χ1n) is 8.06. The smallest absolute Gasteiger partial charge is 0.261 e. The topological polar surface area (TPSA) is 41.6 Å². The molecule has 1 atom stereocenters. The highest BCUT2D eigenvalue weighted by atomic mass is 35.5. The number of nitrogens with zero attached hydrogens (tertiary/aromatic N) is 1. The van der Waals surface area contributed by atoms with Crippen LogP contribution in [0.25, 0.3) is 0 Å². The second-order valence-corrected chi connectivity index (χ2v) is 5.95. The second kappa shape index (κ2) is 9.18. The van der Waals surface area contributed by atoms with Gasteiger partial charge in [0, 0.05) is 30.8 Å². The van der Waals surface area contributed by atoms with Crippen LogP contribution >= 0.6 is 11.6 Å². The molecule has 4 nitrogen and oxygen atoms in total. The van der Waals surface area contributed by atoms with Crippen molar-refractivity contribution in [3.63, 3.8) is 0 Å². The Morgan fingerprint density at radius 2 is 1.83 bits per heavy atom. The lowest BCUT2D eigenvalue weighted by atomic mass is 10.2. The summed E-state index contributed by atoms with van der Waals surface area (Å²) in [5.41, 5.74) is 1.12. The van der Waals surface area contributed by atoms with E-state index in [4.69, 9.17) is 16.3 Å². The number of halogens is 1. The molecule has 0 aliphatic heterocycles. The molecule has 24 heavy (non-hydrogen) atoms. The van der Waals surface area contributed by atoms with E-state index >= 15 is 0 Å². The van der Waals surface area contributed by atoms with Gasteiger partial charge in [0.15, 0.2) is 6.10 Å². The van der Waals surface area contributed by atoms with Crippen LogP contribution in [0.15, 0.2) is 54.6 Å². The maximum Gasteiger partial charge on any atom is 0.261 e. The Morgan fingerprint density at radius 3 is 2.46 bits per heavy atom. The fraction of sp³-hybridized carbons (Fsp3) is 0.316. The molecule has 0 saturated heterocycles. The number of hydrogen-bond acceptors (Lipinski definition) is 3. The van der Waals surface area contributed by atoms with Crippen LogP contribution in [0.3, 0.4) is 0 Å². The minimum absolute atomic E-state index is 0.103. The summed E-state index contributed by atoms with van der Waals surface area (Å²) in [6, 6.07) is 17.1. The summed E-state index contributed by atoms with van der Waals surface area (Å²) < 4.78 is 5.74. The SMILES string of the molecule is CC[C@H](Oc1ccc(Cl)cc1)C(=O)NCCN(C)c1ccccc1. The Morgan fingerprint density at radius 1 is 1.17 bits per heavy atom. The van der Waals surface area contributed by atoms with E-state index in [1.54, 1.807) is 24.3 Å². The van der Waals surface area contributed by atoms with Crippen LogP contribution in [0, 0.1) is 0 Å². The van der Waals surface area contributed by atoms with Crippen molar-refractivity contribution in [3.05, 3.63) is 59.6 Å². The van der Waals surface area contributed by atoms with Gasteiger partial charge in [0.1, 0.15) is 5.75 Å². The zero-order valence-corrected chi connectivity index (χ0v) is 14.8. The predicted octanol–water partition coefficient (Wildman–Crippen LogP) is 3.75. The third kappa shape index (κ3) is 5.46. The molecular weight excluding hydrogens is 324 g/mol. The Bertz CT molecular complexity index is 632. The lowest BCUT2D eigenvalue weighted by Gasteiger charge is -2.21. The van der Waals surface area contributed by atoms with E-state index in [2.05, 4.69) is 10.2 Å². The summed E-state index contributed by atoms with van der Waals surface area (Å²) in [5.74, 6) is 0.539. The number of amides is 1. The van der Waals surface area contributed by atoms with Crippen molar-refractivity contribution < 1.29 is 9.53 Å². The van der Waals surface area contributed by atoms with E-state index in [1.807, 2.05) is 44.3 Å². The molecule has 0 radical (unpaired) electrons. The summed E-state index contributed by atoms with van der Waals surface area (Å²) in [4.78, 5) is 14.4. The number of carbonyl (C=O) groups excluding carboxylic acids is 1. The van der Waals surface area contributed by atoms with Crippen LogP contribution in [0.2, 0.25) is 5.02 Å². The zero-order chi connectivity index (χ0) is 17.4. The summed E-state index contributed by atoms with van der Waals surface area (Å²) in [6.07, 6.45) is 0.0939. The first kappa shape index (κ1) is 18.1. The number of anilines is 1. The van der Waals surface area contributed by atoms with Crippen LogP contribution in [-0.4, -0.2) is 32.1 Å². The van der Waals surface area contributed by atoms with Gasteiger partial charge < -0.3 is 15.0 Å². The summed E-state index contributed by atoms with van der Waals surface area (Å²) in [6.45, 7) is 3.22. The van der Waals surface area contributed by atoms with Gasteiger partial charge in [0.05, 0.1) is 0 Å². The van der Waals surface area contributed by atoms with Crippen molar-refractivity contribution in [2.75, 3.05) is 25.0 Å². The van der Waals surface area contributed by atoms with Crippen molar-refractivity contribution >= 4 is 23.2 Å². The lowest BCUT2D eigenvalue weighted by Crippen LogP contribution is -2.41. The van der Waals surface area contributed by atoms with Gasteiger partial charge in [-0.2, -0.15) is 0 Å².